The van der Waals surface area contributed by atoms with E-state index in [4.69, 9.17) is 15.2 Å². The fraction of sp³-hybridized carbons (Fsp3) is 1.00. The number of methoxy groups -OCH3 is 1. The Morgan fingerprint density at radius 3 is 2.59 bits per heavy atom. The molecular weight excluding hydrogens is 218 g/mol. The van der Waals surface area contributed by atoms with Gasteiger partial charge in [0.1, 0.15) is 0 Å². The van der Waals surface area contributed by atoms with Crippen LogP contribution in [0, 0.1) is 11.3 Å². The zero-order valence-electron chi connectivity index (χ0n) is 11.0. The Morgan fingerprint density at radius 1 is 1.29 bits per heavy atom. The van der Waals surface area contributed by atoms with Crippen LogP contribution in [0.25, 0.3) is 0 Å². The van der Waals surface area contributed by atoms with E-state index in [-0.39, 0.29) is 12.0 Å². The Morgan fingerprint density at radius 2 is 2.06 bits per heavy atom. The standard InChI is InChI=1S/C13H27NO3/c1-16-6-2-7-17-8-5-13(10-14,11-15)9-12-3-4-12/h12,15H,2-11,14H2,1H3. The van der Waals surface area contributed by atoms with Crippen molar-refractivity contribution in [3.05, 3.63) is 0 Å². The first-order valence-electron chi connectivity index (χ1n) is 6.64. The lowest BCUT2D eigenvalue weighted by molar-refractivity contribution is 0.0453. The number of aliphatic hydroxyl groups is 1. The van der Waals surface area contributed by atoms with Gasteiger partial charge in [0, 0.05) is 45.5 Å². The van der Waals surface area contributed by atoms with E-state index in [9.17, 15) is 5.11 Å². The first-order valence-corrected chi connectivity index (χ1v) is 6.64. The minimum absolute atomic E-state index is 0.109. The van der Waals surface area contributed by atoms with E-state index in [1.165, 1.54) is 12.8 Å². The Balaban J connectivity index is 2.14. The highest BCUT2D eigenvalue weighted by molar-refractivity contribution is 4.87. The number of aliphatic hydroxyl groups excluding tert-OH is 1. The summed E-state index contributed by atoms with van der Waals surface area (Å²) in [6.45, 7) is 2.89. The second-order valence-electron chi connectivity index (χ2n) is 5.22. The van der Waals surface area contributed by atoms with E-state index < -0.39 is 0 Å². The summed E-state index contributed by atoms with van der Waals surface area (Å²) < 4.78 is 10.5. The van der Waals surface area contributed by atoms with E-state index >= 15 is 0 Å². The van der Waals surface area contributed by atoms with Gasteiger partial charge >= 0.3 is 0 Å². The van der Waals surface area contributed by atoms with Crippen molar-refractivity contribution in [2.45, 2.75) is 32.1 Å². The predicted octanol–water partition coefficient (Wildman–Crippen LogP) is 1.17. The molecule has 0 bridgehead atoms. The van der Waals surface area contributed by atoms with Crippen LogP contribution in [0.2, 0.25) is 0 Å². The third kappa shape index (κ3) is 5.82. The fourth-order valence-electron chi connectivity index (χ4n) is 2.13. The van der Waals surface area contributed by atoms with Gasteiger partial charge in [-0.2, -0.15) is 0 Å². The van der Waals surface area contributed by atoms with Gasteiger partial charge in [-0.25, -0.2) is 0 Å². The van der Waals surface area contributed by atoms with Gasteiger partial charge in [-0.3, -0.25) is 0 Å². The maximum atomic E-state index is 9.54. The summed E-state index contributed by atoms with van der Waals surface area (Å²) in [4.78, 5) is 0. The summed E-state index contributed by atoms with van der Waals surface area (Å²) in [6, 6.07) is 0. The molecule has 0 amide bonds. The molecule has 1 fully saturated rings. The van der Waals surface area contributed by atoms with Crippen molar-refractivity contribution in [1.29, 1.82) is 0 Å². The molecule has 1 atom stereocenters. The van der Waals surface area contributed by atoms with Crippen molar-refractivity contribution < 1.29 is 14.6 Å². The molecule has 0 saturated heterocycles. The third-order valence-electron chi connectivity index (χ3n) is 3.60. The maximum absolute atomic E-state index is 9.54. The minimum Gasteiger partial charge on any atom is -0.396 e. The topological polar surface area (TPSA) is 64.7 Å². The molecule has 1 aliphatic rings. The van der Waals surface area contributed by atoms with Gasteiger partial charge < -0.3 is 20.3 Å². The number of hydrogen-bond acceptors (Lipinski definition) is 4. The quantitative estimate of drug-likeness (QED) is 0.536. The molecule has 0 aliphatic heterocycles. The summed E-state index contributed by atoms with van der Waals surface area (Å²) in [5.74, 6) is 0.791. The van der Waals surface area contributed by atoms with E-state index in [1.807, 2.05) is 0 Å². The summed E-state index contributed by atoms with van der Waals surface area (Å²) in [6.07, 6.45) is 5.45. The van der Waals surface area contributed by atoms with E-state index in [2.05, 4.69) is 0 Å². The Labute approximate surface area is 104 Å². The SMILES string of the molecule is COCCCOCCC(CN)(CO)CC1CC1. The lowest BCUT2D eigenvalue weighted by atomic mass is 9.80. The van der Waals surface area contributed by atoms with E-state index in [1.54, 1.807) is 7.11 Å². The summed E-state index contributed by atoms with van der Waals surface area (Å²) in [7, 11) is 1.70. The fourth-order valence-corrected chi connectivity index (χ4v) is 2.13. The van der Waals surface area contributed by atoms with Crippen LogP contribution in [0.5, 0.6) is 0 Å². The zero-order chi connectivity index (χ0) is 12.6. The largest absolute Gasteiger partial charge is 0.396 e. The monoisotopic (exact) mass is 245 g/mol. The van der Waals surface area contributed by atoms with Gasteiger partial charge in [-0.1, -0.05) is 12.8 Å². The summed E-state index contributed by atoms with van der Waals surface area (Å²) in [5.41, 5.74) is 5.71. The molecule has 4 heteroatoms. The second kappa shape index (κ2) is 8.03. The van der Waals surface area contributed by atoms with Crippen molar-refractivity contribution in [3.8, 4) is 0 Å². The molecule has 0 aromatic rings. The van der Waals surface area contributed by atoms with Crippen LogP contribution in [0.3, 0.4) is 0 Å². The second-order valence-corrected chi connectivity index (χ2v) is 5.22. The van der Waals surface area contributed by atoms with Crippen LogP contribution in [0.4, 0.5) is 0 Å². The van der Waals surface area contributed by atoms with Gasteiger partial charge in [0.05, 0.1) is 0 Å². The first-order chi connectivity index (χ1) is 8.26. The average molecular weight is 245 g/mol. The van der Waals surface area contributed by atoms with E-state index in [0.29, 0.717) is 13.2 Å². The minimum atomic E-state index is -0.109. The molecule has 0 radical (unpaired) electrons. The smallest absolute Gasteiger partial charge is 0.0500 e. The normalized spacial score (nSPS) is 19.2. The highest BCUT2D eigenvalue weighted by Crippen LogP contribution is 2.41. The molecule has 0 spiro atoms. The lowest BCUT2D eigenvalue weighted by Crippen LogP contribution is -2.36. The van der Waals surface area contributed by atoms with Crippen LogP contribution >= 0.6 is 0 Å². The Kier molecular flexibility index (Phi) is 7.04. The van der Waals surface area contributed by atoms with Crippen molar-refractivity contribution in [3.63, 3.8) is 0 Å². The van der Waals surface area contributed by atoms with Crippen molar-refractivity contribution >= 4 is 0 Å². The number of ether oxygens (including phenoxy) is 2. The van der Waals surface area contributed by atoms with Gasteiger partial charge in [-0.15, -0.1) is 0 Å². The number of rotatable bonds is 11. The molecule has 0 aromatic heterocycles. The van der Waals surface area contributed by atoms with Crippen LogP contribution < -0.4 is 5.73 Å². The van der Waals surface area contributed by atoms with Gasteiger partial charge in [0.15, 0.2) is 0 Å². The van der Waals surface area contributed by atoms with Crippen LogP contribution in [0.1, 0.15) is 32.1 Å². The highest BCUT2D eigenvalue weighted by Gasteiger charge is 2.35. The Bertz CT molecular complexity index is 191. The number of hydrogen-bond donors (Lipinski definition) is 2. The van der Waals surface area contributed by atoms with Crippen LogP contribution in [-0.4, -0.2) is 45.2 Å². The van der Waals surface area contributed by atoms with Crippen LogP contribution in [0.15, 0.2) is 0 Å². The molecule has 0 aromatic carbocycles. The van der Waals surface area contributed by atoms with E-state index in [0.717, 1.165) is 38.4 Å². The molecule has 1 saturated carbocycles. The lowest BCUT2D eigenvalue weighted by Gasteiger charge is -2.30. The highest BCUT2D eigenvalue weighted by atomic mass is 16.5. The Hall–Kier alpha value is -0.160. The predicted molar refractivity (Wildman–Crippen MR) is 67.8 cm³/mol. The molecule has 102 valence electrons. The molecule has 3 N–H and O–H groups in total. The molecule has 17 heavy (non-hydrogen) atoms. The van der Waals surface area contributed by atoms with Gasteiger partial charge in [0.25, 0.3) is 0 Å². The summed E-state index contributed by atoms with van der Waals surface area (Å²) >= 11 is 0. The first kappa shape index (κ1) is 14.9. The van der Waals surface area contributed by atoms with Crippen LogP contribution in [-0.2, 0) is 9.47 Å². The summed E-state index contributed by atoms with van der Waals surface area (Å²) in [5, 5.41) is 9.54. The molecule has 0 heterocycles. The van der Waals surface area contributed by atoms with Gasteiger partial charge in [0.2, 0.25) is 0 Å². The van der Waals surface area contributed by atoms with Crippen molar-refractivity contribution in [2.75, 3.05) is 40.1 Å². The van der Waals surface area contributed by atoms with Crippen molar-refractivity contribution in [2.24, 2.45) is 17.1 Å². The molecule has 1 aliphatic carbocycles. The van der Waals surface area contributed by atoms with Gasteiger partial charge in [-0.05, 0) is 25.2 Å². The molecule has 1 unspecified atom stereocenters. The van der Waals surface area contributed by atoms with Crippen molar-refractivity contribution in [1.82, 2.24) is 0 Å². The molecular formula is C13H27NO3. The molecule has 1 rings (SSSR count). The average Bonchev–Trinajstić information content (AvgIpc) is 3.16. The molecule has 4 nitrogen and oxygen atoms in total. The zero-order valence-corrected chi connectivity index (χ0v) is 11.0. The number of nitrogens with two attached hydrogens (primary N) is 1. The maximum Gasteiger partial charge on any atom is 0.0500 e. The third-order valence-corrected chi connectivity index (χ3v) is 3.60.